The van der Waals surface area contributed by atoms with Crippen molar-refractivity contribution in [1.29, 1.82) is 0 Å². The van der Waals surface area contributed by atoms with Gasteiger partial charge in [0, 0.05) is 24.2 Å². The second kappa shape index (κ2) is 7.00. The SMILES string of the molecule is CCC(C)(C)NC(=O)CNCc1ccc([N+](=O)[O-])cc1. The van der Waals surface area contributed by atoms with E-state index in [0.29, 0.717) is 6.54 Å². The molecule has 0 radical (unpaired) electrons. The molecule has 1 amide bonds. The van der Waals surface area contributed by atoms with Crippen LogP contribution in [0.2, 0.25) is 0 Å². The Bertz CT molecular complexity index is 469. The van der Waals surface area contributed by atoms with Gasteiger partial charge in [0.15, 0.2) is 0 Å². The van der Waals surface area contributed by atoms with Gasteiger partial charge in [0.1, 0.15) is 0 Å². The van der Waals surface area contributed by atoms with Crippen molar-refractivity contribution in [2.75, 3.05) is 6.54 Å². The second-order valence-electron chi connectivity index (χ2n) is 5.31. The molecule has 20 heavy (non-hydrogen) atoms. The Morgan fingerprint density at radius 3 is 2.40 bits per heavy atom. The molecule has 6 heteroatoms. The van der Waals surface area contributed by atoms with Crippen molar-refractivity contribution in [3.63, 3.8) is 0 Å². The van der Waals surface area contributed by atoms with Crippen LogP contribution in [0.1, 0.15) is 32.8 Å². The predicted molar refractivity (Wildman–Crippen MR) is 77.3 cm³/mol. The number of nitrogens with one attached hydrogen (secondary N) is 2. The Hall–Kier alpha value is -1.95. The molecular weight excluding hydrogens is 258 g/mol. The Labute approximate surface area is 118 Å². The van der Waals surface area contributed by atoms with E-state index in [9.17, 15) is 14.9 Å². The van der Waals surface area contributed by atoms with E-state index in [1.807, 2.05) is 20.8 Å². The van der Waals surface area contributed by atoms with Crippen molar-refractivity contribution in [3.8, 4) is 0 Å². The van der Waals surface area contributed by atoms with Crippen molar-refractivity contribution in [2.45, 2.75) is 39.3 Å². The Morgan fingerprint density at radius 2 is 1.90 bits per heavy atom. The quantitative estimate of drug-likeness (QED) is 0.590. The molecule has 110 valence electrons. The molecule has 0 aliphatic rings. The lowest BCUT2D eigenvalue weighted by molar-refractivity contribution is -0.384. The third-order valence-electron chi connectivity index (χ3n) is 3.12. The van der Waals surface area contributed by atoms with E-state index in [1.165, 1.54) is 12.1 Å². The number of amides is 1. The van der Waals surface area contributed by atoms with E-state index in [1.54, 1.807) is 12.1 Å². The zero-order valence-electron chi connectivity index (χ0n) is 12.1. The van der Waals surface area contributed by atoms with Crippen LogP contribution < -0.4 is 10.6 Å². The average molecular weight is 279 g/mol. The van der Waals surface area contributed by atoms with Gasteiger partial charge in [0.2, 0.25) is 5.91 Å². The number of hydrogen-bond donors (Lipinski definition) is 2. The van der Waals surface area contributed by atoms with E-state index in [-0.39, 0.29) is 23.7 Å². The lowest BCUT2D eigenvalue weighted by Gasteiger charge is -2.24. The average Bonchev–Trinajstić information content (AvgIpc) is 2.38. The van der Waals surface area contributed by atoms with Gasteiger partial charge in [-0.2, -0.15) is 0 Å². The molecule has 0 spiro atoms. The van der Waals surface area contributed by atoms with Crippen molar-refractivity contribution in [3.05, 3.63) is 39.9 Å². The van der Waals surface area contributed by atoms with Gasteiger partial charge in [0.05, 0.1) is 11.5 Å². The highest BCUT2D eigenvalue weighted by Gasteiger charge is 2.17. The topological polar surface area (TPSA) is 84.3 Å². The molecule has 1 aromatic carbocycles. The predicted octanol–water partition coefficient (Wildman–Crippen LogP) is 1.99. The van der Waals surface area contributed by atoms with Crippen molar-refractivity contribution in [1.82, 2.24) is 10.6 Å². The third-order valence-corrected chi connectivity index (χ3v) is 3.12. The molecule has 0 aliphatic heterocycles. The number of rotatable bonds is 7. The summed E-state index contributed by atoms with van der Waals surface area (Å²) in [5.41, 5.74) is 0.765. The number of benzene rings is 1. The fourth-order valence-corrected chi connectivity index (χ4v) is 1.57. The van der Waals surface area contributed by atoms with Crippen molar-refractivity contribution < 1.29 is 9.72 Å². The summed E-state index contributed by atoms with van der Waals surface area (Å²) in [7, 11) is 0. The normalized spacial score (nSPS) is 11.2. The fraction of sp³-hybridized carbons (Fsp3) is 0.500. The van der Waals surface area contributed by atoms with Crippen LogP contribution in [0.5, 0.6) is 0 Å². The summed E-state index contributed by atoms with van der Waals surface area (Å²) in [6, 6.07) is 6.27. The van der Waals surface area contributed by atoms with Crippen LogP contribution in [0.15, 0.2) is 24.3 Å². The van der Waals surface area contributed by atoms with E-state index >= 15 is 0 Å². The maximum Gasteiger partial charge on any atom is 0.269 e. The van der Waals surface area contributed by atoms with Gasteiger partial charge in [0.25, 0.3) is 5.69 Å². The molecule has 0 heterocycles. The molecule has 0 saturated heterocycles. The standard InChI is InChI=1S/C14H21N3O3/c1-4-14(2,3)16-13(18)10-15-9-11-5-7-12(8-6-11)17(19)20/h5-8,15H,4,9-10H2,1-3H3,(H,16,18). The minimum Gasteiger partial charge on any atom is -0.350 e. The first-order valence-electron chi connectivity index (χ1n) is 6.59. The first-order chi connectivity index (χ1) is 9.34. The number of carbonyl (C=O) groups excluding carboxylic acids is 1. The van der Waals surface area contributed by atoms with Gasteiger partial charge in [-0.05, 0) is 25.8 Å². The van der Waals surface area contributed by atoms with Gasteiger partial charge in [-0.3, -0.25) is 14.9 Å². The smallest absolute Gasteiger partial charge is 0.269 e. The molecule has 0 fully saturated rings. The van der Waals surface area contributed by atoms with Crippen molar-refractivity contribution >= 4 is 11.6 Å². The first kappa shape index (κ1) is 16.1. The molecule has 0 bridgehead atoms. The lowest BCUT2D eigenvalue weighted by Crippen LogP contribution is -2.46. The molecule has 0 atom stereocenters. The van der Waals surface area contributed by atoms with Crippen LogP contribution >= 0.6 is 0 Å². The Kier molecular flexibility index (Phi) is 5.64. The zero-order chi connectivity index (χ0) is 15.2. The first-order valence-corrected chi connectivity index (χ1v) is 6.59. The minimum absolute atomic E-state index is 0.0567. The Balaban J connectivity index is 2.37. The van der Waals surface area contributed by atoms with Gasteiger partial charge >= 0.3 is 0 Å². The monoisotopic (exact) mass is 279 g/mol. The van der Waals surface area contributed by atoms with Gasteiger partial charge in [-0.25, -0.2) is 0 Å². The lowest BCUT2D eigenvalue weighted by atomic mass is 10.0. The number of non-ortho nitro benzene ring substituents is 1. The molecular formula is C14H21N3O3. The van der Waals surface area contributed by atoms with E-state index in [2.05, 4.69) is 10.6 Å². The largest absolute Gasteiger partial charge is 0.350 e. The third kappa shape index (κ3) is 5.36. The molecule has 0 saturated carbocycles. The zero-order valence-corrected chi connectivity index (χ0v) is 12.1. The van der Waals surface area contributed by atoms with Gasteiger partial charge in [-0.1, -0.05) is 19.1 Å². The molecule has 6 nitrogen and oxygen atoms in total. The van der Waals surface area contributed by atoms with Crippen LogP contribution in [-0.4, -0.2) is 22.9 Å². The van der Waals surface area contributed by atoms with Gasteiger partial charge in [-0.15, -0.1) is 0 Å². The van der Waals surface area contributed by atoms with Crippen LogP contribution in [-0.2, 0) is 11.3 Å². The highest BCUT2D eigenvalue weighted by atomic mass is 16.6. The molecule has 0 aromatic heterocycles. The number of nitrogens with zero attached hydrogens (tertiary/aromatic N) is 1. The van der Waals surface area contributed by atoms with Crippen molar-refractivity contribution in [2.24, 2.45) is 0 Å². The van der Waals surface area contributed by atoms with Gasteiger partial charge < -0.3 is 10.6 Å². The summed E-state index contributed by atoms with van der Waals surface area (Å²) < 4.78 is 0. The number of hydrogen-bond acceptors (Lipinski definition) is 4. The summed E-state index contributed by atoms with van der Waals surface area (Å²) in [5, 5.41) is 16.5. The highest BCUT2D eigenvalue weighted by Crippen LogP contribution is 2.11. The molecule has 2 N–H and O–H groups in total. The van der Waals surface area contributed by atoms with E-state index < -0.39 is 4.92 Å². The summed E-state index contributed by atoms with van der Waals surface area (Å²) in [4.78, 5) is 21.8. The molecule has 0 aliphatic carbocycles. The number of nitro benzene ring substituents is 1. The minimum atomic E-state index is -0.433. The summed E-state index contributed by atoms with van der Waals surface area (Å²) in [5.74, 6) is -0.0567. The van der Waals surface area contributed by atoms with Crippen LogP contribution in [0.25, 0.3) is 0 Å². The second-order valence-corrected chi connectivity index (χ2v) is 5.31. The van der Waals surface area contributed by atoms with Crippen LogP contribution in [0, 0.1) is 10.1 Å². The maximum atomic E-state index is 11.7. The fourth-order valence-electron chi connectivity index (χ4n) is 1.57. The molecule has 1 aromatic rings. The number of nitro groups is 1. The van der Waals surface area contributed by atoms with E-state index in [0.717, 1.165) is 12.0 Å². The molecule has 1 rings (SSSR count). The maximum absolute atomic E-state index is 11.7. The summed E-state index contributed by atoms with van der Waals surface area (Å²) in [6.07, 6.45) is 0.862. The Morgan fingerprint density at radius 1 is 1.30 bits per heavy atom. The van der Waals surface area contributed by atoms with E-state index in [4.69, 9.17) is 0 Å². The molecule has 0 unspecified atom stereocenters. The van der Waals surface area contributed by atoms with Crippen LogP contribution in [0.3, 0.4) is 0 Å². The summed E-state index contributed by atoms with van der Waals surface area (Å²) >= 11 is 0. The van der Waals surface area contributed by atoms with Crippen LogP contribution in [0.4, 0.5) is 5.69 Å². The summed E-state index contributed by atoms with van der Waals surface area (Å²) in [6.45, 7) is 6.69. The number of carbonyl (C=O) groups is 1. The highest BCUT2D eigenvalue weighted by molar-refractivity contribution is 5.78.